The van der Waals surface area contributed by atoms with E-state index < -0.39 is 28.0 Å². The zero-order chi connectivity index (χ0) is 19.8. The molecule has 9 heteroatoms. The number of fused-ring (bicyclic) bond motifs is 1. The second-order valence-electron chi connectivity index (χ2n) is 5.93. The van der Waals surface area contributed by atoms with Crippen LogP contribution in [0, 0.1) is 0 Å². The third-order valence-electron chi connectivity index (χ3n) is 3.87. The predicted molar refractivity (Wildman–Crippen MR) is 93.7 cm³/mol. The number of benzene rings is 1. The van der Waals surface area contributed by atoms with Crippen LogP contribution in [-0.4, -0.2) is 37.8 Å². The van der Waals surface area contributed by atoms with Crippen LogP contribution >= 0.6 is 0 Å². The van der Waals surface area contributed by atoms with Gasteiger partial charge in [0.05, 0.1) is 18.3 Å². The van der Waals surface area contributed by atoms with Crippen molar-refractivity contribution < 1.29 is 31.9 Å². The van der Waals surface area contributed by atoms with Crippen molar-refractivity contribution >= 4 is 27.7 Å². The van der Waals surface area contributed by atoms with Crippen LogP contribution in [0.4, 0.5) is 0 Å². The van der Waals surface area contributed by atoms with E-state index >= 15 is 0 Å². The molecule has 1 aromatic heterocycles. The fourth-order valence-electron chi connectivity index (χ4n) is 2.79. The summed E-state index contributed by atoms with van der Waals surface area (Å²) in [5, 5.41) is 0. The summed E-state index contributed by atoms with van der Waals surface area (Å²) < 4.78 is 42.2. The van der Waals surface area contributed by atoms with E-state index in [0.29, 0.717) is 0 Å². The number of sulfonamides is 1. The highest BCUT2D eigenvalue weighted by Crippen LogP contribution is 2.39. The number of furan rings is 1. The van der Waals surface area contributed by atoms with Gasteiger partial charge in [0.15, 0.2) is 11.5 Å². The zero-order valence-electron chi connectivity index (χ0n) is 14.8. The molecule has 0 atom stereocenters. The zero-order valence-corrected chi connectivity index (χ0v) is 15.6. The topological polar surface area (TPSA) is 103 Å². The average Bonchev–Trinajstić information content (AvgIpc) is 3.17. The summed E-state index contributed by atoms with van der Waals surface area (Å²) in [4.78, 5) is 24.8. The van der Waals surface area contributed by atoms with Gasteiger partial charge in [-0.05, 0) is 38.1 Å². The third-order valence-corrected chi connectivity index (χ3v) is 5.90. The van der Waals surface area contributed by atoms with E-state index in [4.69, 9.17) is 13.9 Å². The van der Waals surface area contributed by atoms with E-state index in [2.05, 4.69) is 0 Å². The van der Waals surface area contributed by atoms with Crippen molar-refractivity contribution in [2.45, 2.75) is 24.8 Å². The van der Waals surface area contributed by atoms with E-state index in [0.717, 1.165) is 11.4 Å². The molecule has 1 aliphatic heterocycles. The van der Waals surface area contributed by atoms with E-state index in [1.807, 2.05) is 0 Å². The van der Waals surface area contributed by atoms with Gasteiger partial charge in [-0.1, -0.05) is 12.1 Å². The summed E-state index contributed by atoms with van der Waals surface area (Å²) in [6.07, 6.45) is 1.30. The number of rotatable bonds is 4. The summed E-state index contributed by atoms with van der Waals surface area (Å²) in [6.45, 7) is 3.20. The van der Waals surface area contributed by atoms with Crippen molar-refractivity contribution in [2.24, 2.45) is 0 Å². The van der Waals surface area contributed by atoms with Crippen molar-refractivity contribution in [1.82, 2.24) is 4.31 Å². The molecule has 1 aliphatic rings. The Kier molecular flexibility index (Phi) is 4.79. The molecule has 1 aromatic carbocycles. The Morgan fingerprint density at radius 1 is 1.07 bits per heavy atom. The number of esters is 2. The first-order valence-electron chi connectivity index (χ1n) is 8.01. The normalized spacial score (nSPS) is 15.5. The Morgan fingerprint density at radius 3 is 2.37 bits per heavy atom. The summed E-state index contributed by atoms with van der Waals surface area (Å²) in [6, 6.07) is 8.24. The van der Waals surface area contributed by atoms with Gasteiger partial charge in [0, 0.05) is 11.6 Å². The van der Waals surface area contributed by atoms with Crippen LogP contribution in [-0.2, 0) is 24.3 Å². The molecule has 27 heavy (non-hydrogen) atoms. The largest absolute Gasteiger partial charge is 0.464 e. The number of methoxy groups -OCH3 is 1. The lowest BCUT2D eigenvalue weighted by atomic mass is 10.1. The minimum Gasteiger partial charge on any atom is -0.464 e. The molecule has 2 heterocycles. The van der Waals surface area contributed by atoms with Crippen LogP contribution in [0.2, 0.25) is 0 Å². The van der Waals surface area contributed by atoms with Crippen molar-refractivity contribution in [3.63, 3.8) is 0 Å². The molecule has 8 nitrogen and oxygen atoms in total. The van der Waals surface area contributed by atoms with Crippen molar-refractivity contribution in [3.8, 4) is 0 Å². The molecule has 0 N–H and O–H groups in total. The van der Waals surface area contributed by atoms with Gasteiger partial charge in [-0.15, -0.1) is 0 Å². The minimum absolute atomic E-state index is 0.0754. The van der Waals surface area contributed by atoms with E-state index in [9.17, 15) is 18.0 Å². The van der Waals surface area contributed by atoms with Crippen LogP contribution in [0.1, 0.15) is 30.0 Å². The lowest BCUT2D eigenvalue weighted by molar-refractivity contribution is -0.137. The number of carbonyl (C=O) groups excluding carboxylic acids is 2. The molecule has 0 fully saturated rings. The minimum atomic E-state index is -4.05. The van der Waals surface area contributed by atoms with Crippen LogP contribution < -0.4 is 0 Å². The second kappa shape index (κ2) is 6.92. The Morgan fingerprint density at radius 2 is 1.78 bits per heavy atom. The van der Waals surface area contributed by atoms with E-state index in [-0.39, 0.29) is 27.7 Å². The maximum absolute atomic E-state index is 13.1. The maximum atomic E-state index is 13.1. The van der Waals surface area contributed by atoms with E-state index in [1.165, 1.54) is 30.5 Å². The summed E-state index contributed by atoms with van der Waals surface area (Å²) >= 11 is 0. The Bertz CT molecular complexity index is 1020. The van der Waals surface area contributed by atoms with Crippen LogP contribution in [0.3, 0.4) is 0 Å². The number of hydrogen-bond acceptors (Lipinski definition) is 7. The predicted octanol–water partition coefficient (Wildman–Crippen LogP) is 2.39. The summed E-state index contributed by atoms with van der Waals surface area (Å²) in [7, 11) is -2.93. The number of ether oxygens (including phenoxy) is 2. The first-order valence-corrected chi connectivity index (χ1v) is 9.45. The summed E-state index contributed by atoms with van der Waals surface area (Å²) in [5.74, 6) is -2.10. The number of nitrogens with zero attached hydrogens (tertiary/aromatic N) is 1. The molecular formula is C18H17NO7S. The monoisotopic (exact) mass is 391 g/mol. The van der Waals surface area contributed by atoms with Crippen molar-refractivity contribution in [2.75, 3.05) is 7.11 Å². The van der Waals surface area contributed by atoms with Gasteiger partial charge in [0.1, 0.15) is 0 Å². The highest BCUT2D eigenvalue weighted by atomic mass is 32.2. The number of hydrogen-bond donors (Lipinski definition) is 0. The van der Waals surface area contributed by atoms with Gasteiger partial charge >= 0.3 is 11.9 Å². The van der Waals surface area contributed by atoms with Gasteiger partial charge in [0.2, 0.25) is 5.76 Å². The molecule has 0 radical (unpaired) electrons. The first kappa shape index (κ1) is 18.7. The van der Waals surface area contributed by atoms with Gasteiger partial charge in [0.25, 0.3) is 10.0 Å². The first-order chi connectivity index (χ1) is 12.8. The smallest absolute Gasteiger partial charge is 0.379 e. The van der Waals surface area contributed by atoms with Crippen LogP contribution in [0.25, 0.3) is 5.76 Å². The Balaban J connectivity index is 2.28. The molecule has 0 bridgehead atoms. The molecule has 0 aliphatic carbocycles. The molecular weight excluding hydrogens is 374 g/mol. The molecule has 2 aromatic rings. The highest BCUT2D eigenvalue weighted by molar-refractivity contribution is 7.89. The molecule has 0 unspecified atom stereocenters. The fourth-order valence-corrected chi connectivity index (χ4v) is 4.64. The van der Waals surface area contributed by atoms with Crippen LogP contribution in [0.5, 0.6) is 0 Å². The molecule has 0 amide bonds. The fraction of sp³-hybridized carbons (Fsp3) is 0.222. The summed E-state index contributed by atoms with van der Waals surface area (Å²) in [5.41, 5.74) is -0.277. The van der Waals surface area contributed by atoms with Crippen molar-refractivity contribution in [1.29, 1.82) is 0 Å². The number of carbonyl (C=O) groups is 2. The standard InChI is InChI=1S/C18H17NO7S/c1-11(2)19-15(18(21)24-3)16(26-17(20)13-8-6-10-25-13)12-7-4-5-9-14(12)27(19,22)23/h4-11H,1-3H3. The van der Waals surface area contributed by atoms with Gasteiger partial charge in [-0.3, -0.25) is 4.31 Å². The van der Waals surface area contributed by atoms with Crippen LogP contribution in [0.15, 0.2) is 57.7 Å². The molecule has 3 rings (SSSR count). The van der Waals surface area contributed by atoms with Gasteiger partial charge in [-0.25, -0.2) is 18.0 Å². The maximum Gasteiger partial charge on any atom is 0.379 e. The van der Waals surface area contributed by atoms with E-state index in [1.54, 1.807) is 26.0 Å². The third kappa shape index (κ3) is 3.10. The Labute approximate surface area is 156 Å². The molecule has 0 saturated heterocycles. The second-order valence-corrected chi connectivity index (χ2v) is 7.71. The van der Waals surface area contributed by atoms with Crippen molar-refractivity contribution in [3.05, 3.63) is 59.7 Å². The van der Waals surface area contributed by atoms with Gasteiger partial charge in [-0.2, -0.15) is 0 Å². The molecule has 142 valence electrons. The average molecular weight is 391 g/mol. The quantitative estimate of drug-likeness (QED) is 0.737. The molecule has 0 spiro atoms. The lowest BCUT2D eigenvalue weighted by Crippen LogP contribution is -2.43. The highest BCUT2D eigenvalue weighted by Gasteiger charge is 2.43. The molecule has 0 saturated carbocycles. The SMILES string of the molecule is COC(=O)C1=C(OC(=O)c2ccco2)c2ccccc2S(=O)(=O)N1C(C)C. The lowest BCUT2D eigenvalue weighted by Gasteiger charge is -2.34. The Hall–Kier alpha value is -3.07. The van der Waals surface area contributed by atoms with Gasteiger partial charge < -0.3 is 13.9 Å².